The summed E-state index contributed by atoms with van der Waals surface area (Å²) in [6.45, 7) is 15.1. The summed E-state index contributed by atoms with van der Waals surface area (Å²) in [5.41, 5.74) is 0.890. The summed E-state index contributed by atoms with van der Waals surface area (Å²) < 4.78 is 50.9. The first-order valence-corrected chi connectivity index (χ1v) is 13.4. The predicted molar refractivity (Wildman–Crippen MR) is 156 cm³/mol. The van der Waals surface area contributed by atoms with E-state index >= 15 is 4.39 Å². The fourth-order valence-corrected chi connectivity index (χ4v) is 4.02. The summed E-state index contributed by atoms with van der Waals surface area (Å²) in [5.74, 6) is -5.45. The molecule has 10 heteroatoms. The molecule has 2 aromatic carbocycles. The Labute approximate surface area is 247 Å². The third-order valence-electron chi connectivity index (χ3n) is 6.26. The molecular weight excluding hydrogens is 562 g/mol. The van der Waals surface area contributed by atoms with Gasteiger partial charge < -0.3 is 18.6 Å². The summed E-state index contributed by atoms with van der Waals surface area (Å²) in [4.78, 5) is 48.8. The van der Waals surface area contributed by atoms with Gasteiger partial charge in [0.05, 0.1) is 24.2 Å². The standard InChI is InChI=1S/C33H32F2O8/c1-18(2)31(37)40-13-7-9-21-15-22(10-8-14-41-32(38)19(3)4)30-24(16-21)29(36)25(17-42-30)23-11-12-26(28(35)27(23)34)43-33(39)20(5)6/h11-12,15-17H,1,3,5,7-10,13-14H2,2,4,6H3. The highest BCUT2D eigenvalue weighted by Crippen LogP contribution is 2.31. The van der Waals surface area contributed by atoms with E-state index < -0.39 is 40.7 Å². The number of esters is 3. The van der Waals surface area contributed by atoms with Crippen molar-refractivity contribution in [2.45, 2.75) is 46.5 Å². The van der Waals surface area contributed by atoms with Gasteiger partial charge in [-0.2, -0.15) is 4.39 Å². The largest absolute Gasteiger partial charge is 0.463 e. The molecule has 8 nitrogen and oxygen atoms in total. The molecule has 0 aliphatic heterocycles. The zero-order chi connectivity index (χ0) is 31.8. The lowest BCUT2D eigenvalue weighted by molar-refractivity contribution is -0.139. The van der Waals surface area contributed by atoms with Crippen LogP contribution in [0.2, 0.25) is 0 Å². The second kappa shape index (κ2) is 14.4. The highest BCUT2D eigenvalue weighted by atomic mass is 19.2. The topological polar surface area (TPSA) is 109 Å². The van der Waals surface area contributed by atoms with E-state index in [9.17, 15) is 23.6 Å². The van der Waals surface area contributed by atoms with Crippen LogP contribution in [0.15, 0.2) is 76.2 Å². The van der Waals surface area contributed by atoms with Gasteiger partial charge in [-0.15, -0.1) is 0 Å². The maximum Gasteiger partial charge on any atom is 0.338 e. The highest BCUT2D eigenvalue weighted by Gasteiger charge is 2.22. The van der Waals surface area contributed by atoms with Gasteiger partial charge in [0.25, 0.3) is 0 Å². The first kappa shape index (κ1) is 32.7. The number of hydrogen-bond donors (Lipinski definition) is 0. The van der Waals surface area contributed by atoms with Gasteiger partial charge in [-0.05, 0) is 75.8 Å². The van der Waals surface area contributed by atoms with Gasteiger partial charge in [-0.25, -0.2) is 18.8 Å². The van der Waals surface area contributed by atoms with E-state index in [0.29, 0.717) is 36.8 Å². The lowest BCUT2D eigenvalue weighted by atomic mass is 9.97. The van der Waals surface area contributed by atoms with Gasteiger partial charge in [-0.1, -0.05) is 25.8 Å². The second-order valence-electron chi connectivity index (χ2n) is 10.1. The molecule has 0 fully saturated rings. The molecule has 0 bridgehead atoms. The van der Waals surface area contributed by atoms with Crippen molar-refractivity contribution >= 4 is 28.9 Å². The van der Waals surface area contributed by atoms with Crippen LogP contribution in [0, 0.1) is 11.6 Å². The van der Waals surface area contributed by atoms with E-state index in [1.165, 1.54) is 13.8 Å². The molecule has 0 atom stereocenters. The molecule has 1 aromatic heterocycles. The molecule has 226 valence electrons. The lowest BCUT2D eigenvalue weighted by Gasteiger charge is -2.12. The van der Waals surface area contributed by atoms with Crippen molar-refractivity contribution in [3.63, 3.8) is 0 Å². The SMILES string of the molecule is C=C(C)C(=O)OCCCc1cc(CCCOC(=O)C(=C)C)c2occ(-c3ccc(OC(=O)C(=C)C)c(F)c3F)c(=O)c2c1. The number of aryl methyl sites for hydroxylation is 2. The maximum atomic E-state index is 15.1. The minimum absolute atomic E-state index is 0.00590. The van der Waals surface area contributed by atoms with Crippen LogP contribution >= 0.6 is 0 Å². The Bertz CT molecular complexity index is 1680. The van der Waals surface area contributed by atoms with Crippen molar-refractivity contribution < 1.29 is 41.8 Å². The Balaban J connectivity index is 1.98. The molecule has 0 saturated heterocycles. The molecule has 3 aromatic rings. The van der Waals surface area contributed by atoms with Crippen LogP contribution in [-0.2, 0) is 36.7 Å². The van der Waals surface area contributed by atoms with Crippen LogP contribution in [0.4, 0.5) is 8.78 Å². The van der Waals surface area contributed by atoms with Crippen LogP contribution in [0.1, 0.15) is 44.7 Å². The van der Waals surface area contributed by atoms with E-state index in [1.807, 2.05) is 6.07 Å². The van der Waals surface area contributed by atoms with Gasteiger partial charge >= 0.3 is 17.9 Å². The van der Waals surface area contributed by atoms with Crippen molar-refractivity contribution in [1.82, 2.24) is 0 Å². The van der Waals surface area contributed by atoms with Crippen LogP contribution < -0.4 is 10.2 Å². The normalized spacial score (nSPS) is 10.7. The van der Waals surface area contributed by atoms with E-state index in [-0.39, 0.29) is 52.0 Å². The number of benzene rings is 2. The second-order valence-corrected chi connectivity index (χ2v) is 10.1. The molecular formula is C33H32F2O8. The monoisotopic (exact) mass is 594 g/mol. The van der Waals surface area contributed by atoms with Gasteiger partial charge in [0, 0.05) is 22.3 Å². The number of halogens is 2. The fourth-order valence-electron chi connectivity index (χ4n) is 4.02. The molecule has 1 heterocycles. The number of carbonyl (C=O) groups is 3. The van der Waals surface area contributed by atoms with Crippen molar-refractivity contribution in [2.75, 3.05) is 13.2 Å². The number of ether oxygens (including phenoxy) is 3. The summed E-state index contributed by atoms with van der Waals surface area (Å²) in [6, 6.07) is 5.58. The van der Waals surface area contributed by atoms with Gasteiger partial charge in [0.1, 0.15) is 11.8 Å². The Morgan fingerprint density at radius 2 is 1.37 bits per heavy atom. The Morgan fingerprint density at radius 1 is 0.791 bits per heavy atom. The molecule has 0 N–H and O–H groups in total. The van der Waals surface area contributed by atoms with Crippen LogP contribution in [0.3, 0.4) is 0 Å². The van der Waals surface area contributed by atoms with Gasteiger partial charge in [-0.3, -0.25) is 4.79 Å². The molecule has 0 spiro atoms. The van der Waals surface area contributed by atoms with Gasteiger partial charge in [0.15, 0.2) is 11.6 Å². The predicted octanol–water partition coefficient (Wildman–Crippen LogP) is 6.32. The summed E-state index contributed by atoms with van der Waals surface area (Å²) >= 11 is 0. The average Bonchev–Trinajstić information content (AvgIpc) is 2.96. The molecule has 3 rings (SSSR count). The van der Waals surface area contributed by atoms with Crippen molar-refractivity contribution in [3.05, 3.63) is 100.0 Å². The number of rotatable bonds is 13. The van der Waals surface area contributed by atoms with Crippen molar-refractivity contribution in [3.8, 4) is 16.9 Å². The van der Waals surface area contributed by atoms with Gasteiger partial charge in [0.2, 0.25) is 11.2 Å². The third-order valence-corrected chi connectivity index (χ3v) is 6.26. The molecule has 0 aliphatic rings. The summed E-state index contributed by atoms with van der Waals surface area (Å²) in [7, 11) is 0. The summed E-state index contributed by atoms with van der Waals surface area (Å²) in [6.07, 6.45) is 2.68. The van der Waals surface area contributed by atoms with Crippen molar-refractivity contribution in [2.24, 2.45) is 0 Å². The molecule has 0 aliphatic carbocycles. The van der Waals surface area contributed by atoms with Crippen LogP contribution in [0.25, 0.3) is 22.1 Å². The van der Waals surface area contributed by atoms with E-state index in [1.54, 1.807) is 13.0 Å². The maximum absolute atomic E-state index is 15.1. The molecule has 0 unspecified atom stereocenters. The minimum Gasteiger partial charge on any atom is -0.463 e. The fraction of sp³-hybridized carbons (Fsp3) is 0.273. The minimum atomic E-state index is -1.45. The zero-order valence-electron chi connectivity index (χ0n) is 24.3. The lowest BCUT2D eigenvalue weighted by Crippen LogP contribution is -2.12. The highest BCUT2D eigenvalue weighted by molar-refractivity contribution is 5.89. The molecule has 43 heavy (non-hydrogen) atoms. The quantitative estimate of drug-likeness (QED) is 0.0979. The molecule has 0 amide bonds. The van der Waals surface area contributed by atoms with E-state index in [4.69, 9.17) is 18.6 Å². The Kier molecular flexibility index (Phi) is 10.9. The first-order valence-electron chi connectivity index (χ1n) is 13.4. The number of hydrogen-bond acceptors (Lipinski definition) is 8. The van der Waals surface area contributed by atoms with Crippen LogP contribution in [-0.4, -0.2) is 31.1 Å². The summed E-state index contributed by atoms with van der Waals surface area (Å²) in [5, 5.41) is 0.125. The van der Waals surface area contributed by atoms with E-state index in [2.05, 4.69) is 19.7 Å². The van der Waals surface area contributed by atoms with E-state index in [0.717, 1.165) is 18.4 Å². The Hall–Kier alpha value is -4.86. The number of fused-ring (bicyclic) bond motifs is 1. The first-order chi connectivity index (χ1) is 20.3. The van der Waals surface area contributed by atoms with Crippen molar-refractivity contribution in [1.29, 1.82) is 0 Å². The number of carbonyl (C=O) groups excluding carboxylic acids is 3. The Morgan fingerprint density at radius 3 is 1.95 bits per heavy atom. The third kappa shape index (κ3) is 8.12. The molecule has 0 radical (unpaired) electrons. The average molecular weight is 595 g/mol. The zero-order valence-corrected chi connectivity index (χ0v) is 24.3. The smallest absolute Gasteiger partial charge is 0.338 e. The van der Waals surface area contributed by atoms with Crippen LogP contribution in [0.5, 0.6) is 5.75 Å². The molecule has 0 saturated carbocycles.